The Morgan fingerprint density at radius 2 is 1.64 bits per heavy atom. The lowest BCUT2D eigenvalue weighted by atomic mass is 9.94. The van der Waals surface area contributed by atoms with Gasteiger partial charge in [0, 0.05) is 30.7 Å². The number of hydrogen-bond donors (Lipinski definition) is 2. The molecule has 5 aromatic rings. The summed E-state index contributed by atoms with van der Waals surface area (Å²) in [7, 11) is 0. The van der Waals surface area contributed by atoms with E-state index < -0.39 is 0 Å². The third kappa shape index (κ3) is 3.54. The van der Waals surface area contributed by atoms with Gasteiger partial charge in [0.1, 0.15) is 5.82 Å². The first-order valence-electron chi connectivity index (χ1n) is 10.5. The maximum Gasteiger partial charge on any atom is 0.232 e. The van der Waals surface area contributed by atoms with Crippen molar-refractivity contribution in [2.45, 2.75) is 12.5 Å². The standard InChI is InChI=1S/C26H19N5O.ClH/c32-26(29-14-16-8-11-27-12-9-16)24-18-5-2-1-4-17(18)23-19(24)6-3-7-20(23)25-30-21-10-13-28-15-22(21)31-25;/h1-13,15,24H,14H2,(H,29,32)(H,30,31);1H. The summed E-state index contributed by atoms with van der Waals surface area (Å²) < 4.78 is 0. The van der Waals surface area contributed by atoms with Gasteiger partial charge in [-0.1, -0.05) is 42.5 Å². The fourth-order valence-corrected chi connectivity index (χ4v) is 4.51. The Balaban J connectivity index is 0.00000228. The fourth-order valence-electron chi connectivity index (χ4n) is 4.51. The summed E-state index contributed by atoms with van der Waals surface area (Å²) in [6, 6.07) is 19.9. The summed E-state index contributed by atoms with van der Waals surface area (Å²) in [6.07, 6.45) is 6.98. The number of nitrogens with one attached hydrogen (secondary N) is 2. The number of halogens is 1. The SMILES string of the molecule is Cl.O=C(NCc1ccncc1)C1c2ccccc2-c2c(-c3nc4ccncc4[nH]3)cccc21. The van der Waals surface area contributed by atoms with Crippen LogP contribution in [0.3, 0.4) is 0 Å². The van der Waals surface area contributed by atoms with Gasteiger partial charge in [-0.2, -0.15) is 0 Å². The molecule has 7 heteroatoms. The van der Waals surface area contributed by atoms with Gasteiger partial charge < -0.3 is 10.3 Å². The Bertz CT molecular complexity index is 1430. The average molecular weight is 454 g/mol. The number of rotatable bonds is 4. The molecule has 0 bridgehead atoms. The van der Waals surface area contributed by atoms with Gasteiger partial charge in [0.25, 0.3) is 0 Å². The molecule has 6 nitrogen and oxygen atoms in total. The van der Waals surface area contributed by atoms with Gasteiger partial charge in [0.05, 0.1) is 23.1 Å². The van der Waals surface area contributed by atoms with Crippen LogP contribution in [0.25, 0.3) is 33.5 Å². The van der Waals surface area contributed by atoms with E-state index in [2.05, 4.69) is 32.4 Å². The highest BCUT2D eigenvalue weighted by Gasteiger charge is 2.35. The Hall–Kier alpha value is -4.03. The molecule has 33 heavy (non-hydrogen) atoms. The van der Waals surface area contributed by atoms with E-state index >= 15 is 0 Å². The van der Waals surface area contributed by atoms with Gasteiger partial charge in [-0.15, -0.1) is 12.4 Å². The molecule has 2 N–H and O–H groups in total. The molecule has 1 atom stereocenters. The van der Waals surface area contributed by atoms with E-state index in [1.807, 2.05) is 48.5 Å². The Labute approximate surface area is 196 Å². The zero-order chi connectivity index (χ0) is 21.5. The number of pyridine rings is 2. The lowest BCUT2D eigenvalue weighted by molar-refractivity contribution is -0.121. The van der Waals surface area contributed by atoms with Gasteiger partial charge in [-0.25, -0.2) is 4.98 Å². The largest absolute Gasteiger partial charge is 0.351 e. The van der Waals surface area contributed by atoms with Crippen LogP contribution in [0, 0.1) is 0 Å². The van der Waals surface area contributed by atoms with E-state index in [9.17, 15) is 4.79 Å². The number of imidazole rings is 1. The topological polar surface area (TPSA) is 83.6 Å². The molecule has 0 saturated heterocycles. The zero-order valence-corrected chi connectivity index (χ0v) is 18.3. The molecule has 0 spiro atoms. The number of amides is 1. The molecule has 2 aromatic carbocycles. The van der Waals surface area contributed by atoms with E-state index in [1.165, 1.54) is 0 Å². The van der Waals surface area contributed by atoms with Crippen LogP contribution in [-0.2, 0) is 11.3 Å². The minimum Gasteiger partial charge on any atom is -0.351 e. The molecule has 0 saturated carbocycles. The van der Waals surface area contributed by atoms with Gasteiger partial charge >= 0.3 is 0 Å². The Morgan fingerprint density at radius 3 is 2.48 bits per heavy atom. The highest BCUT2D eigenvalue weighted by Crippen LogP contribution is 2.48. The monoisotopic (exact) mass is 453 g/mol. The van der Waals surface area contributed by atoms with Gasteiger partial charge in [0.15, 0.2) is 0 Å². The Kier molecular flexibility index (Phi) is 5.36. The summed E-state index contributed by atoms with van der Waals surface area (Å²) >= 11 is 0. The van der Waals surface area contributed by atoms with E-state index in [0.29, 0.717) is 6.54 Å². The average Bonchev–Trinajstić information content (AvgIpc) is 3.42. The van der Waals surface area contributed by atoms with Crippen molar-refractivity contribution in [3.05, 3.63) is 102 Å². The highest BCUT2D eigenvalue weighted by atomic mass is 35.5. The quantitative estimate of drug-likeness (QED) is 0.406. The Morgan fingerprint density at radius 1 is 0.879 bits per heavy atom. The van der Waals surface area contributed by atoms with Crippen molar-refractivity contribution in [2.75, 3.05) is 0 Å². The third-order valence-electron chi connectivity index (χ3n) is 5.97. The van der Waals surface area contributed by atoms with Crippen molar-refractivity contribution in [1.82, 2.24) is 25.3 Å². The molecule has 1 unspecified atom stereocenters. The smallest absolute Gasteiger partial charge is 0.232 e. The second kappa shape index (κ2) is 8.48. The summed E-state index contributed by atoms with van der Waals surface area (Å²) in [5, 5.41) is 3.10. The van der Waals surface area contributed by atoms with Crippen molar-refractivity contribution in [2.24, 2.45) is 0 Å². The third-order valence-corrected chi connectivity index (χ3v) is 5.97. The van der Waals surface area contributed by atoms with Crippen molar-refractivity contribution < 1.29 is 4.79 Å². The molecule has 1 aliphatic rings. The number of aromatic amines is 1. The van der Waals surface area contributed by atoms with Crippen molar-refractivity contribution >= 4 is 29.3 Å². The van der Waals surface area contributed by atoms with E-state index in [1.54, 1.807) is 24.8 Å². The number of hydrogen-bond acceptors (Lipinski definition) is 4. The van der Waals surface area contributed by atoms with Gasteiger partial charge in [-0.05, 0) is 46.0 Å². The lowest BCUT2D eigenvalue weighted by Gasteiger charge is -2.14. The summed E-state index contributed by atoms with van der Waals surface area (Å²) in [5.41, 5.74) is 7.89. The molecule has 1 amide bonds. The van der Waals surface area contributed by atoms with Crippen LogP contribution in [0.1, 0.15) is 22.6 Å². The van der Waals surface area contributed by atoms with E-state index in [4.69, 9.17) is 4.98 Å². The summed E-state index contributed by atoms with van der Waals surface area (Å²) in [4.78, 5) is 29.8. The second-order valence-electron chi connectivity index (χ2n) is 7.84. The van der Waals surface area contributed by atoms with E-state index in [0.717, 1.165) is 50.2 Å². The molecule has 1 aliphatic carbocycles. The maximum absolute atomic E-state index is 13.4. The number of carbonyl (C=O) groups is 1. The van der Waals surface area contributed by atoms with E-state index in [-0.39, 0.29) is 24.2 Å². The number of H-pyrrole nitrogens is 1. The van der Waals surface area contributed by atoms with Gasteiger partial charge in [0.2, 0.25) is 5.91 Å². The number of carbonyl (C=O) groups excluding carboxylic acids is 1. The first kappa shape index (κ1) is 20.8. The predicted octanol–water partition coefficient (Wildman–Crippen LogP) is 4.87. The van der Waals surface area contributed by atoms with Crippen molar-refractivity contribution in [3.8, 4) is 22.5 Å². The fraction of sp³-hybridized carbons (Fsp3) is 0.0769. The van der Waals surface area contributed by atoms with Crippen LogP contribution >= 0.6 is 12.4 Å². The zero-order valence-electron chi connectivity index (χ0n) is 17.5. The predicted molar refractivity (Wildman–Crippen MR) is 130 cm³/mol. The number of aromatic nitrogens is 4. The maximum atomic E-state index is 13.4. The van der Waals surface area contributed by atoms with Crippen LogP contribution < -0.4 is 5.32 Å². The van der Waals surface area contributed by atoms with Crippen LogP contribution in [0.4, 0.5) is 0 Å². The minimum absolute atomic E-state index is 0. The minimum atomic E-state index is -0.367. The van der Waals surface area contributed by atoms with Crippen molar-refractivity contribution in [3.63, 3.8) is 0 Å². The first-order valence-corrected chi connectivity index (χ1v) is 10.5. The van der Waals surface area contributed by atoms with Crippen LogP contribution in [-0.4, -0.2) is 25.8 Å². The summed E-state index contributed by atoms with van der Waals surface area (Å²) in [6.45, 7) is 0.464. The number of benzene rings is 2. The molecular weight excluding hydrogens is 434 g/mol. The van der Waals surface area contributed by atoms with Crippen LogP contribution in [0.5, 0.6) is 0 Å². The van der Waals surface area contributed by atoms with Crippen LogP contribution in [0.15, 0.2) is 85.5 Å². The van der Waals surface area contributed by atoms with Crippen LogP contribution in [0.2, 0.25) is 0 Å². The molecule has 0 radical (unpaired) electrons. The van der Waals surface area contributed by atoms with Gasteiger partial charge in [-0.3, -0.25) is 14.8 Å². The normalized spacial score (nSPS) is 13.8. The molecule has 0 aliphatic heterocycles. The number of fused-ring (bicyclic) bond motifs is 4. The molecule has 0 fully saturated rings. The first-order chi connectivity index (χ1) is 15.8. The highest BCUT2D eigenvalue weighted by molar-refractivity contribution is 6.00. The molecular formula is C26H20ClN5O. The summed E-state index contributed by atoms with van der Waals surface area (Å²) in [5.74, 6) is 0.394. The molecule has 3 heterocycles. The number of nitrogens with zero attached hydrogens (tertiary/aromatic N) is 3. The molecule has 162 valence electrons. The second-order valence-corrected chi connectivity index (χ2v) is 7.84. The molecule has 3 aromatic heterocycles. The van der Waals surface area contributed by atoms with Crippen molar-refractivity contribution in [1.29, 1.82) is 0 Å². The lowest BCUT2D eigenvalue weighted by Crippen LogP contribution is -2.28. The molecule has 6 rings (SSSR count).